The van der Waals surface area contributed by atoms with Crippen LogP contribution >= 0.6 is 0 Å². The lowest BCUT2D eigenvalue weighted by molar-refractivity contribution is 0.619. The van der Waals surface area contributed by atoms with Gasteiger partial charge in [-0.3, -0.25) is 0 Å². The Morgan fingerprint density at radius 2 is 1.95 bits per heavy atom. The van der Waals surface area contributed by atoms with E-state index in [4.69, 9.17) is 0 Å². The average Bonchev–Trinajstić information content (AvgIpc) is 2.47. The largest absolute Gasteiger partial charge is 0.370 e. The Morgan fingerprint density at radius 3 is 2.57 bits per heavy atom. The first kappa shape index (κ1) is 15.4. The first-order chi connectivity index (χ1) is 10.0. The van der Waals surface area contributed by atoms with Gasteiger partial charge in [0, 0.05) is 24.1 Å². The van der Waals surface area contributed by atoms with Crippen LogP contribution in [0.25, 0.3) is 11.3 Å². The highest BCUT2D eigenvalue weighted by atomic mass is 19.1. The molecule has 0 aliphatic carbocycles. The van der Waals surface area contributed by atoms with Crippen molar-refractivity contribution in [2.45, 2.75) is 40.0 Å². The van der Waals surface area contributed by atoms with Gasteiger partial charge in [0.2, 0.25) is 0 Å². The predicted molar refractivity (Wildman–Crippen MR) is 85.0 cm³/mol. The van der Waals surface area contributed by atoms with Crippen molar-refractivity contribution in [2.24, 2.45) is 0 Å². The third kappa shape index (κ3) is 3.78. The summed E-state index contributed by atoms with van der Waals surface area (Å²) < 4.78 is 13.8. The molecule has 4 heteroatoms. The molecule has 21 heavy (non-hydrogen) atoms. The minimum atomic E-state index is -0.208. The summed E-state index contributed by atoms with van der Waals surface area (Å²) in [6.45, 7) is 8.83. The van der Waals surface area contributed by atoms with Gasteiger partial charge in [0.1, 0.15) is 17.5 Å². The minimum Gasteiger partial charge on any atom is -0.370 e. The van der Waals surface area contributed by atoms with Gasteiger partial charge in [-0.2, -0.15) is 0 Å². The maximum atomic E-state index is 13.8. The van der Waals surface area contributed by atoms with Crippen molar-refractivity contribution in [3.05, 3.63) is 41.5 Å². The maximum absolute atomic E-state index is 13.8. The van der Waals surface area contributed by atoms with E-state index in [2.05, 4.69) is 36.1 Å². The summed E-state index contributed by atoms with van der Waals surface area (Å²) in [6, 6.07) is 7.09. The van der Waals surface area contributed by atoms with Crippen molar-refractivity contribution < 1.29 is 4.39 Å². The Bertz CT molecular complexity index is 623. The lowest BCUT2D eigenvalue weighted by Crippen LogP contribution is -2.07. The van der Waals surface area contributed by atoms with Crippen molar-refractivity contribution in [3.63, 3.8) is 0 Å². The lowest BCUT2D eigenvalue weighted by atomic mass is 10.1. The maximum Gasteiger partial charge on any atom is 0.133 e. The number of nitrogens with one attached hydrogen (secondary N) is 1. The third-order valence-electron chi connectivity index (χ3n) is 3.28. The average molecular weight is 287 g/mol. The van der Waals surface area contributed by atoms with Gasteiger partial charge in [-0.25, -0.2) is 14.4 Å². The van der Waals surface area contributed by atoms with Crippen molar-refractivity contribution in [1.29, 1.82) is 0 Å². The van der Waals surface area contributed by atoms with E-state index in [9.17, 15) is 4.39 Å². The molecule has 1 aromatic carbocycles. The van der Waals surface area contributed by atoms with Crippen LogP contribution in [-0.2, 0) is 0 Å². The molecule has 0 spiro atoms. The van der Waals surface area contributed by atoms with Crippen LogP contribution in [-0.4, -0.2) is 16.5 Å². The second-order valence-electron chi connectivity index (χ2n) is 5.54. The second kappa shape index (κ2) is 6.66. The normalized spacial score (nSPS) is 11.0. The van der Waals surface area contributed by atoms with Crippen molar-refractivity contribution in [2.75, 3.05) is 11.9 Å². The molecule has 1 N–H and O–H groups in total. The number of hydrogen-bond acceptors (Lipinski definition) is 3. The van der Waals surface area contributed by atoms with Gasteiger partial charge in [0.05, 0.1) is 5.69 Å². The van der Waals surface area contributed by atoms with Gasteiger partial charge in [-0.1, -0.05) is 32.9 Å². The molecule has 2 rings (SSSR count). The number of halogens is 1. The lowest BCUT2D eigenvalue weighted by Gasteiger charge is -2.12. The van der Waals surface area contributed by atoms with Crippen molar-refractivity contribution >= 4 is 5.82 Å². The summed E-state index contributed by atoms with van der Waals surface area (Å²) in [5.41, 5.74) is 2.18. The Labute approximate surface area is 125 Å². The molecule has 0 atom stereocenters. The van der Waals surface area contributed by atoms with Gasteiger partial charge >= 0.3 is 0 Å². The molecule has 0 saturated heterocycles. The fraction of sp³-hybridized carbons (Fsp3) is 0.412. The molecule has 0 aliphatic heterocycles. The van der Waals surface area contributed by atoms with Gasteiger partial charge in [-0.15, -0.1) is 0 Å². The van der Waals surface area contributed by atoms with Gasteiger partial charge in [-0.05, 0) is 25.0 Å². The number of benzene rings is 1. The van der Waals surface area contributed by atoms with Crippen LogP contribution in [0.5, 0.6) is 0 Å². The molecule has 112 valence electrons. The standard InChI is InChI=1S/C17H22FN3/c1-5-8-19-16-10-15(20-17(21-16)11(2)3)13-7-6-12(4)14(18)9-13/h6-7,9-11H,5,8H2,1-4H3,(H,19,20,21). The zero-order valence-corrected chi connectivity index (χ0v) is 13.1. The van der Waals surface area contributed by atoms with Crippen LogP contribution in [0.2, 0.25) is 0 Å². The molecular weight excluding hydrogens is 265 g/mol. The van der Waals surface area contributed by atoms with E-state index in [1.165, 1.54) is 6.07 Å². The van der Waals surface area contributed by atoms with Crippen LogP contribution in [0.1, 0.15) is 44.5 Å². The number of anilines is 1. The molecule has 0 unspecified atom stereocenters. The number of rotatable bonds is 5. The summed E-state index contributed by atoms with van der Waals surface area (Å²) in [7, 11) is 0. The van der Waals surface area contributed by atoms with Crippen LogP contribution in [0.15, 0.2) is 24.3 Å². The van der Waals surface area contributed by atoms with E-state index >= 15 is 0 Å². The van der Waals surface area contributed by atoms with E-state index < -0.39 is 0 Å². The first-order valence-corrected chi connectivity index (χ1v) is 7.40. The van der Waals surface area contributed by atoms with E-state index in [0.717, 1.165) is 35.9 Å². The van der Waals surface area contributed by atoms with E-state index in [0.29, 0.717) is 5.56 Å². The number of aromatic nitrogens is 2. The Balaban J connectivity index is 2.45. The molecule has 1 aromatic heterocycles. The molecule has 0 saturated carbocycles. The SMILES string of the molecule is CCCNc1cc(-c2ccc(C)c(F)c2)nc(C(C)C)n1. The topological polar surface area (TPSA) is 37.8 Å². The highest BCUT2D eigenvalue weighted by Crippen LogP contribution is 2.24. The molecular formula is C17H22FN3. The van der Waals surface area contributed by atoms with E-state index in [-0.39, 0.29) is 11.7 Å². The summed E-state index contributed by atoms with van der Waals surface area (Å²) >= 11 is 0. The molecule has 2 aromatic rings. The zero-order chi connectivity index (χ0) is 15.4. The molecule has 1 heterocycles. The van der Waals surface area contributed by atoms with Crippen LogP contribution in [0.4, 0.5) is 10.2 Å². The number of nitrogens with zero attached hydrogens (tertiary/aromatic N) is 2. The quantitative estimate of drug-likeness (QED) is 0.877. The molecule has 0 fully saturated rings. The monoisotopic (exact) mass is 287 g/mol. The predicted octanol–water partition coefficient (Wildman–Crippen LogP) is 4.54. The summed E-state index contributed by atoms with van der Waals surface area (Å²) in [5, 5.41) is 3.28. The fourth-order valence-corrected chi connectivity index (χ4v) is 1.97. The Hall–Kier alpha value is -1.97. The van der Waals surface area contributed by atoms with Gasteiger partial charge in [0.15, 0.2) is 0 Å². The second-order valence-corrected chi connectivity index (χ2v) is 5.54. The molecule has 3 nitrogen and oxygen atoms in total. The Kier molecular flexibility index (Phi) is 4.89. The summed E-state index contributed by atoms with van der Waals surface area (Å²) in [6.07, 6.45) is 1.02. The smallest absolute Gasteiger partial charge is 0.133 e. The number of hydrogen-bond donors (Lipinski definition) is 1. The zero-order valence-electron chi connectivity index (χ0n) is 13.1. The minimum absolute atomic E-state index is 0.208. The van der Waals surface area contributed by atoms with Crippen LogP contribution in [0.3, 0.4) is 0 Å². The number of aryl methyl sites for hydroxylation is 1. The molecule has 0 bridgehead atoms. The summed E-state index contributed by atoms with van der Waals surface area (Å²) in [5.74, 6) is 1.58. The molecule has 0 aliphatic rings. The Morgan fingerprint density at radius 1 is 1.19 bits per heavy atom. The fourth-order valence-electron chi connectivity index (χ4n) is 1.97. The molecule has 0 amide bonds. The van der Waals surface area contributed by atoms with E-state index in [1.54, 1.807) is 13.0 Å². The highest BCUT2D eigenvalue weighted by molar-refractivity contribution is 5.63. The first-order valence-electron chi connectivity index (χ1n) is 7.40. The third-order valence-corrected chi connectivity index (χ3v) is 3.28. The molecule has 0 radical (unpaired) electrons. The summed E-state index contributed by atoms with van der Waals surface area (Å²) in [4.78, 5) is 9.08. The van der Waals surface area contributed by atoms with Crippen LogP contribution < -0.4 is 5.32 Å². The van der Waals surface area contributed by atoms with Crippen molar-refractivity contribution in [3.8, 4) is 11.3 Å². The van der Waals surface area contributed by atoms with E-state index in [1.807, 2.05) is 12.1 Å². The van der Waals surface area contributed by atoms with Gasteiger partial charge < -0.3 is 5.32 Å². The van der Waals surface area contributed by atoms with Crippen LogP contribution in [0, 0.1) is 12.7 Å². The van der Waals surface area contributed by atoms with Crippen molar-refractivity contribution in [1.82, 2.24) is 9.97 Å². The highest BCUT2D eigenvalue weighted by Gasteiger charge is 2.10. The van der Waals surface area contributed by atoms with Gasteiger partial charge in [0.25, 0.3) is 0 Å².